The Kier molecular flexibility index (Phi) is 3.38. The maximum atomic E-state index is 5.47. The molecule has 2 atom stereocenters. The summed E-state index contributed by atoms with van der Waals surface area (Å²) >= 11 is 0. The molecule has 0 saturated heterocycles. The van der Waals surface area contributed by atoms with E-state index in [4.69, 9.17) is 5.73 Å². The Bertz CT molecular complexity index is 307. The lowest BCUT2D eigenvalue weighted by Crippen LogP contribution is -2.17. The van der Waals surface area contributed by atoms with Gasteiger partial charge in [-0.2, -0.15) is 0 Å². The van der Waals surface area contributed by atoms with Crippen LogP contribution in [0.1, 0.15) is 25.5 Å². The Morgan fingerprint density at radius 1 is 1.67 bits per heavy atom. The second kappa shape index (κ2) is 4.77. The van der Waals surface area contributed by atoms with E-state index in [0.29, 0.717) is 6.54 Å². The molecule has 4 heteroatoms. The minimum absolute atomic E-state index is 0.670. The Morgan fingerprint density at radius 2 is 2.53 bits per heavy atom. The van der Waals surface area contributed by atoms with Crippen LogP contribution in [0.5, 0.6) is 0 Å². The van der Waals surface area contributed by atoms with Crippen LogP contribution in [0.2, 0.25) is 0 Å². The second-order valence-electron chi connectivity index (χ2n) is 4.28. The smallest absolute Gasteiger partial charge is 0.0950 e. The number of hydrogen-bond donors (Lipinski definition) is 2. The Hall–Kier alpha value is -0.870. The van der Waals surface area contributed by atoms with Crippen LogP contribution < -0.4 is 11.1 Å². The number of aromatic nitrogens is 2. The molecule has 1 heterocycles. The van der Waals surface area contributed by atoms with Crippen molar-refractivity contribution in [3.05, 3.63) is 18.2 Å². The lowest BCUT2D eigenvalue weighted by Gasteiger charge is -2.00. The summed E-state index contributed by atoms with van der Waals surface area (Å²) in [5, 5.41) is 3.52. The fourth-order valence-electron chi connectivity index (χ4n) is 1.95. The van der Waals surface area contributed by atoms with Crippen LogP contribution in [0.4, 0.5) is 0 Å². The van der Waals surface area contributed by atoms with Gasteiger partial charge in [0, 0.05) is 31.9 Å². The van der Waals surface area contributed by atoms with E-state index in [1.165, 1.54) is 12.8 Å². The number of hydrogen-bond acceptors (Lipinski definition) is 3. The van der Waals surface area contributed by atoms with Crippen molar-refractivity contribution in [3.8, 4) is 0 Å². The lowest BCUT2D eigenvalue weighted by molar-refractivity contribution is 0.616. The molecule has 1 saturated carbocycles. The van der Waals surface area contributed by atoms with Gasteiger partial charge >= 0.3 is 0 Å². The van der Waals surface area contributed by atoms with E-state index in [9.17, 15) is 0 Å². The fourth-order valence-corrected chi connectivity index (χ4v) is 1.95. The lowest BCUT2D eigenvalue weighted by atomic mass is 10.3. The summed E-state index contributed by atoms with van der Waals surface area (Å²) in [5.41, 5.74) is 6.59. The average molecular weight is 208 g/mol. The first-order valence-corrected chi connectivity index (χ1v) is 5.77. The molecule has 0 radical (unpaired) electrons. The van der Waals surface area contributed by atoms with Crippen LogP contribution in [-0.2, 0) is 13.1 Å². The first-order chi connectivity index (χ1) is 7.33. The van der Waals surface area contributed by atoms with Crippen molar-refractivity contribution in [1.82, 2.24) is 14.9 Å². The van der Waals surface area contributed by atoms with Crippen molar-refractivity contribution in [3.63, 3.8) is 0 Å². The molecule has 4 nitrogen and oxygen atoms in total. The van der Waals surface area contributed by atoms with Gasteiger partial charge in [0.05, 0.1) is 12.0 Å². The molecule has 1 aliphatic rings. The quantitative estimate of drug-likeness (QED) is 0.724. The minimum Gasteiger partial charge on any atom is -0.336 e. The van der Waals surface area contributed by atoms with Crippen LogP contribution >= 0.6 is 0 Å². The van der Waals surface area contributed by atoms with Gasteiger partial charge in [-0.15, -0.1) is 0 Å². The van der Waals surface area contributed by atoms with Gasteiger partial charge < -0.3 is 15.6 Å². The third kappa shape index (κ3) is 2.79. The van der Waals surface area contributed by atoms with Crippen LogP contribution in [0, 0.1) is 5.92 Å². The Morgan fingerprint density at radius 3 is 3.20 bits per heavy atom. The van der Waals surface area contributed by atoms with Gasteiger partial charge in [0.2, 0.25) is 0 Å². The summed E-state index contributed by atoms with van der Waals surface area (Å²) < 4.78 is 2.04. The third-order valence-corrected chi connectivity index (χ3v) is 3.07. The molecule has 0 spiro atoms. The molecule has 0 bridgehead atoms. The molecule has 2 rings (SSSR count). The molecular weight excluding hydrogens is 188 g/mol. The zero-order chi connectivity index (χ0) is 10.7. The zero-order valence-corrected chi connectivity index (χ0v) is 9.32. The van der Waals surface area contributed by atoms with Crippen LogP contribution in [0.15, 0.2) is 12.5 Å². The van der Waals surface area contributed by atoms with E-state index in [0.717, 1.165) is 30.7 Å². The fraction of sp³-hybridized carbons (Fsp3) is 0.727. The van der Waals surface area contributed by atoms with E-state index >= 15 is 0 Å². The van der Waals surface area contributed by atoms with Crippen molar-refractivity contribution >= 4 is 0 Å². The van der Waals surface area contributed by atoms with Gasteiger partial charge in [-0.05, 0) is 12.3 Å². The topological polar surface area (TPSA) is 55.9 Å². The van der Waals surface area contributed by atoms with Crippen molar-refractivity contribution < 1.29 is 0 Å². The van der Waals surface area contributed by atoms with Crippen LogP contribution in [-0.4, -0.2) is 22.1 Å². The van der Waals surface area contributed by atoms with Gasteiger partial charge in [0.1, 0.15) is 0 Å². The maximum Gasteiger partial charge on any atom is 0.0950 e. The number of nitrogens with two attached hydrogens (primary N) is 1. The molecule has 1 aromatic heterocycles. The Labute approximate surface area is 90.9 Å². The molecule has 1 aliphatic carbocycles. The first kappa shape index (κ1) is 10.6. The molecule has 2 unspecified atom stereocenters. The highest BCUT2D eigenvalue weighted by atomic mass is 15.1. The van der Waals surface area contributed by atoms with E-state index in [1.54, 1.807) is 0 Å². The summed E-state index contributed by atoms with van der Waals surface area (Å²) in [4.78, 5) is 4.33. The van der Waals surface area contributed by atoms with E-state index in [2.05, 4.69) is 23.4 Å². The minimum atomic E-state index is 0.670. The molecule has 84 valence electrons. The third-order valence-electron chi connectivity index (χ3n) is 3.07. The SMILES string of the molecule is CCC1CC1NCc1cn(CCN)cn1. The monoisotopic (exact) mass is 208 g/mol. The van der Waals surface area contributed by atoms with Crippen LogP contribution in [0.25, 0.3) is 0 Å². The number of imidazole rings is 1. The molecule has 0 aromatic carbocycles. The first-order valence-electron chi connectivity index (χ1n) is 5.77. The normalized spacial score (nSPS) is 24.4. The van der Waals surface area contributed by atoms with Crippen molar-refractivity contribution in [2.24, 2.45) is 11.7 Å². The molecule has 1 fully saturated rings. The van der Waals surface area contributed by atoms with Gasteiger partial charge in [-0.25, -0.2) is 4.98 Å². The van der Waals surface area contributed by atoms with Gasteiger partial charge in [0.25, 0.3) is 0 Å². The highest BCUT2D eigenvalue weighted by Crippen LogP contribution is 2.33. The molecule has 0 aliphatic heterocycles. The van der Waals surface area contributed by atoms with Crippen LogP contribution in [0.3, 0.4) is 0 Å². The van der Waals surface area contributed by atoms with Gasteiger partial charge in [-0.3, -0.25) is 0 Å². The number of nitrogens with one attached hydrogen (secondary N) is 1. The van der Waals surface area contributed by atoms with Crippen molar-refractivity contribution in [1.29, 1.82) is 0 Å². The highest BCUT2D eigenvalue weighted by molar-refractivity contribution is 4.99. The molecule has 15 heavy (non-hydrogen) atoms. The summed E-state index contributed by atoms with van der Waals surface area (Å²) in [6.45, 7) is 4.67. The summed E-state index contributed by atoms with van der Waals surface area (Å²) in [5.74, 6) is 0.899. The van der Waals surface area contributed by atoms with E-state index in [1.807, 2.05) is 10.9 Å². The van der Waals surface area contributed by atoms with Gasteiger partial charge in [-0.1, -0.05) is 13.3 Å². The molecule has 0 amide bonds. The predicted molar refractivity (Wildman–Crippen MR) is 60.3 cm³/mol. The zero-order valence-electron chi connectivity index (χ0n) is 9.32. The maximum absolute atomic E-state index is 5.47. The van der Waals surface area contributed by atoms with E-state index < -0.39 is 0 Å². The molecular formula is C11H20N4. The van der Waals surface area contributed by atoms with Crippen molar-refractivity contribution in [2.45, 2.75) is 38.9 Å². The summed E-state index contributed by atoms with van der Waals surface area (Å²) in [6, 6.07) is 0.731. The summed E-state index contributed by atoms with van der Waals surface area (Å²) in [6.07, 6.45) is 6.55. The number of nitrogens with zero attached hydrogens (tertiary/aromatic N) is 2. The number of rotatable bonds is 6. The standard InChI is InChI=1S/C11H20N4/c1-2-9-5-11(9)13-6-10-7-15(4-3-12)8-14-10/h7-9,11,13H,2-6,12H2,1H3. The van der Waals surface area contributed by atoms with Crippen molar-refractivity contribution in [2.75, 3.05) is 6.54 Å². The predicted octanol–water partition coefficient (Wildman–Crippen LogP) is 0.730. The second-order valence-corrected chi connectivity index (χ2v) is 4.28. The van der Waals surface area contributed by atoms with E-state index in [-0.39, 0.29) is 0 Å². The Balaban J connectivity index is 1.74. The largest absolute Gasteiger partial charge is 0.336 e. The average Bonchev–Trinajstić information content (AvgIpc) is 2.88. The summed E-state index contributed by atoms with van der Waals surface area (Å²) in [7, 11) is 0. The molecule has 3 N–H and O–H groups in total. The highest BCUT2D eigenvalue weighted by Gasteiger charge is 2.34. The molecule has 1 aromatic rings. The van der Waals surface area contributed by atoms with Gasteiger partial charge in [0.15, 0.2) is 0 Å².